The Morgan fingerprint density at radius 1 is 1.32 bits per heavy atom. The molecule has 1 aromatic heterocycles. The number of anilines is 1. The van der Waals surface area contributed by atoms with Gasteiger partial charge in [0.15, 0.2) is 0 Å². The van der Waals surface area contributed by atoms with Crippen LogP contribution in [0.1, 0.15) is 32.0 Å². The Balaban J connectivity index is 2.32. The molecule has 2 N–H and O–H groups in total. The summed E-state index contributed by atoms with van der Waals surface area (Å²) in [7, 11) is -0.658. The fourth-order valence-corrected chi connectivity index (χ4v) is 3.15. The van der Waals surface area contributed by atoms with Gasteiger partial charge in [-0.15, -0.1) is 0 Å². The van der Waals surface area contributed by atoms with Gasteiger partial charge in [-0.1, -0.05) is 20.8 Å². The van der Waals surface area contributed by atoms with Crippen molar-refractivity contribution in [3.63, 3.8) is 0 Å². The molecule has 1 aliphatic rings. The molecule has 19 heavy (non-hydrogen) atoms. The van der Waals surface area contributed by atoms with Crippen molar-refractivity contribution in [2.24, 2.45) is 5.73 Å². The molecule has 5 heteroatoms. The largest absolute Gasteiger partial charge is 0.355 e. The van der Waals surface area contributed by atoms with Gasteiger partial charge < -0.3 is 10.6 Å². The lowest BCUT2D eigenvalue weighted by molar-refractivity contribution is 0.566. The lowest BCUT2D eigenvalue weighted by atomic mass is 9.90. The van der Waals surface area contributed by atoms with Gasteiger partial charge in [-0.2, -0.15) is 0 Å². The highest BCUT2D eigenvalue weighted by Gasteiger charge is 2.21. The summed E-state index contributed by atoms with van der Waals surface area (Å²) in [6, 6.07) is 4.15. The molecule has 0 atom stereocenters. The van der Waals surface area contributed by atoms with Crippen molar-refractivity contribution in [3.05, 3.63) is 23.4 Å². The lowest BCUT2D eigenvalue weighted by Crippen LogP contribution is -2.38. The Hall–Kier alpha value is -0.940. The Morgan fingerprint density at radius 2 is 1.95 bits per heavy atom. The maximum atomic E-state index is 11.4. The number of aromatic nitrogens is 1. The lowest BCUT2D eigenvalue weighted by Gasteiger charge is -2.29. The molecule has 1 aromatic rings. The van der Waals surface area contributed by atoms with Crippen molar-refractivity contribution < 1.29 is 4.21 Å². The zero-order valence-corrected chi connectivity index (χ0v) is 12.8. The molecule has 106 valence electrons. The summed E-state index contributed by atoms with van der Waals surface area (Å²) in [5, 5.41) is 0. The van der Waals surface area contributed by atoms with Crippen LogP contribution in [-0.2, 0) is 22.8 Å². The van der Waals surface area contributed by atoms with Gasteiger partial charge in [-0.25, -0.2) is 4.98 Å². The van der Waals surface area contributed by atoms with Crippen LogP contribution in [0.25, 0.3) is 0 Å². The summed E-state index contributed by atoms with van der Waals surface area (Å²) >= 11 is 0. The fraction of sp³-hybridized carbons (Fsp3) is 0.643. The molecular formula is C14H23N3OS. The van der Waals surface area contributed by atoms with E-state index in [0.29, 0.717) is 6.54 Å². The number of pyridine rings is 1. The Bertz CT molecular complexity index is 472. The van der Waals surface area contributed by atoms with Crippen LogP contribution in [0, 0.1) is 0 Å². The number of nitrogens with zero attached hydrogens (tertiary/aromatic N) is 2. The third-order valence-corrected chi connectivity index (χ3v) is 4.65. The maximum absolute atomic E-state index is 11.4. The number of rotatable bonds is 2. The van der Waals surface area contributed by atoms with Gasteiger partial charge >= 0.3 is 0 Å². The van der Waals surface area contributed by atoms with Crippen LogP contribution in [0.4, 0.5) is 5.82 Å². The minimum Gasteiger partial charge on any atom is -0.355 e. The quantitative estimate of drug-likeness (QED) is 0.890. The first-order valence-corrected chi connectivity index (χ1v) is 8.20. The van der Waals surface area contributed by atoms with Crippen LogP contribution in [0.3, 0.4) is 0 Å². The Labute approximate surface area is 117 Å². The van der Waals surface area contributed by atoms with E-state index in [1.54, 1.807) is 0 Å². The second-order valence-corrected chi connectivity index (χ2v) is 7.70. The highest BCUT2D eigenvalue weighted by Crippen LogP contribution is 2.25. The fourth-order valence-electron chi connectivity index (χ4n) is 2.10. The van der Waals surface area contributed by atoms with Crippen molar-refractivity contribution in [1.29, 1.82) is 0 Å². The normalized spacial score (nSPS) is 17.8. The zero-order valence-electron chi connectivity index (χ0n) is 12.0. The molecule has 0 aromatic carbocycles. The van der Waals surface area contributed by atoms with Crippen LogP contribution >= 0.6 is 0 Å². The van der Waals surface area contributed by atoms with Gasteiger partial charge in [0, 0.05) is 53.0 Å². The van der Waals surface area contributed by atoms with Crippen molar-refractivity contribution >= 4 is 16.6 Å². The van der Waals surface area contributed by atoms with Crippen LogP contribution in [0.5, 0.6) is 0 Å². The van der Waals surface area contributed by atoms with E-state index in [1.165, 1.54) is 0 Å². The smallest absolute Gasteiger partial charge is 0.129 e. The summed E-state index contributed by atoms with van der Waals surface area (Å²) in [6.07, 6.45) is 0. The summed E-state index contributed by atoms with van der Waals surface area (Å²) in [5.41, 5.74) is 7.98. The number of hydrogen-bond acceptors (Lipinski definition) is 4. The first kappa shape index (κ1) is 14.5. The second kappa shape index (κ2) is 5.59. The van der Waals surface area contributed by atoms with E-state index in [1.807, 2.05) is 0 Å². The molecule has 0 unspecified atom stereocenters. The molecule has 0 spiro atoms. The summed E-state index contributed by atoms with van der Waals surface area (Å²) in [5.74, 6) is 2.45. The van der Waals surface area contributed by atoms with Gasteiger partial charge in [-0.3, -0.25) is 4.21 Å². The van der Waals surface area contributed by atoms with Gasteiger partial charge in [0.1, 0.15) is 5.82 Å². The molecule has 1 aliphatic heterocycles. The van der Waals surface area contributed by atoms with Gasteiger partial charge in [0.25, 0.3) is 0 Å². The summed E-state index contributed by atoms with van der Waals surface area (Å²) in [4.78, 5) is 6.99. The van der Waals surface area contributed by atoms with Crippen molar-refractivity contribution in [2.45, 2.75) is 32.7 Å². The summed E-state index contributed by atoms with van der Waals surface area (Å²) in [6.45, 7) is 8.63. The second-order valence-electron chi connectivity index (χ2n) is 6.01. The predicted molar refractivity (Wildman–Crippen MR) is 80.9 cm³/mol. The first-order chi connectivity index (χ1) is 8.90. The summed E-state index contributed by atoms with van der Waals surface area (Å²) < 4.78 is 11.4. The van der Waals surface area contributed by atoms with Crippen LogP contribution in [0.15, 0.2) is 12.1 Å². The molecule has 2 rings (SSSR count). The molecule has 0 saturated carbocycles. The Morgan fingerprint density at radius 3 is 2.47 bits per heavy atom. The standard InChI is InChI=1S/C14H23N3OS/c1-14(2,3)12-8-11(10-15)9-13(16-12)17-4-6-19(18)7-5-17/h8-9H,4-7,10,15H2,1-3H3. The topological polar surface area (TPSA) is 59.2 Å². The average Bonchev–Trinajstić information content (AvgIpc) is 2.38. The van der Waals surface area contributed by atoms with E-state index >= 15 is 0 Å². The SMILES string of the molecule is CC(C)(C)c1cc(CN)cc(N2CCS(=O)CC2)n1. The van der Waals surface area contributed by atoms with Crippen molar-refractivity contribution in [3.8, 4) is 0 Å². The zero-order chi connectivity index (χ0) is 14.0. The van der Waals surface area contributed by atoms with Gasteiger partial charge in [0.2, 0.25) is 0 Å². The number of nitrogens with two attached hydrogens (primary N) is 1. The molecule has 0 amide bonds. The van der Waals surface area contributed by atoms with Crippen LogP contribution in [0.2, 0.25) is 0 Å². The van der Waals surface area contributed by atoms with Crippen LogP contribution < -0.4 is 10.6 Å². The Kier molecular flexibility index (Phi) is 4.26. The molecule has 0 radical (unpaired) electrons. The minimum atomic E-state index is -0.658. The third kappa shape index (κ3) is 3.54. The van der Waals surface area contributed by atoms with E-state index in [2.05, 4.69) is 37.8 Å². The molecule has 1 saturated heterocycles. The average molecular weight is 281 g/mol. The van der Waals surface area contributed by atoms with Gasteiger partial charge in [-0.05, 0) is 17.7 Å². The van der Waals surface area contributed by atoms with Crippen LogP contribution in [-0.4, -0.2) is 33.8 Å². The molecule has 1 fully saturated rings. The van der Waals surface area contributed by atoms with Crippen molar-refractivity contribution in [2.75, 3.05) is 29.5 Å². The molecule has 4 nitrogen and oxygen atoms in total. The van der Waals surface area contributed by atoms with Crippen molar-refractivity contribution in [1.82, 2.24) is 4.98 Å². The maximum Gasteiger partial charge on any atom is 0.129 e. The molecule has 2 heterocycles. The monoisotopic (exact) mass is 281 g/mol. The van der Waals surface area contributed by atoms with E-state index in [4.69, 9.17) is 10.7 Å². The first-order valence-electron chi connectivity index (χ1n) is 6.71. The molecular weight excluding hydrogens is 258 g/mol. The molecule has 0 bridgehead atoms. The third-order valence-electron chi connectivity index (χ3n) is 3.38. The van der Waals surface area contributed by atoms with E-state index in [9.17, 15) is 4.21 Å². The van der Waals surface area contributed by atoms with E-state index < -0.39 is 10.8 Å². The predicted octanol–water partition coefficient (Wildman–Crippen LogP) is 1.41. The highest BCUT2D eigenvalue weighted by molar-refractivity contribution is 7.85. The molecule has 0 aliphatic carbocycles. The highest BCUT2D eigenvalue weighted by atomic mass is 32.2. The van der Waals surface area contributed by atoms with Gasteiger partial charge in [0.05, 0.1) is 0 Å². The van der Waals surface area contributed by atoms with E-state index in [0.717, 1.165) is 41.7 Å². The minimum absolute atomic E-state index is 0.0124. The van der Waals surface area contributed by atoms with E-state index in [-0.39, 0.29) is 5.41 Å². The number of hydrogen-bond donors (Lipinski definition) is 1.